The van der Waals surface area contributed by atoms with Gasteiger partial charge in [-0.25, -0.2) is 4.79 Å². The maximum atomic E-state index is 12.5. The molecule has 0 aliphatic carbocycles. The Bertz CT molecular complexity index is 571. The molecular weight excluding hydrogens is 272 g/mol. The zero-order valence-electron chi connectivity index (χ0n) is 11.8. The molecule has 0 unspecified atom stereocenters. The molecule has 0 saturated carbocycles. The van der Waals surface area contributed by atoms with E-state index in [1.165, 1.54) is 11.8 Å². The van der Waals surface area contributed by atoms with E-state index in [1.54, 1.807) is 24.3 Å². The number of nitrogens with one attached hydrogen (secondary N) is 1. The molecule has 1 atom stereocenters. The number of anilines is 1. The minimum absolute atomic E-state index is 0.221. The van der Waals surface area contributed by atoms with Crippen LogP contribution in [0.5, 0.6) is 0 Å². The summed E-state index contributed by atoms with van der Waals surface area (Å²) in [6.45, 7) is 1.83. The van der Waals surface area contributed by atoms with Gasteiger partial charge in [-0.15, -0.1) is 0 Å². The lowest BCUT2D eigenvalue weighted by Gasteiger charge is -2.33. The summed E-state index contributed by atoms with van der Waals surface area (Å²) < 4.78 is 0. The molecule has 2 amide bonds. The van der Waals surface area contributed by atoms with E-state index < -0.39 is 12.0 Å². The van der Waals surface area contributed by atoms with Gasteiger partial charge in [0, 0.05) is 24.7 Å². The molecule has 1 aromatic carbocycles. The number of carbonyl (C=O) groups is 3. The van der Waals surface area contributed by atoms with Gasteiger partial charge in [0.25, 0.3) is 5.91 Å². The SMILES string of the molecule is CC(=O)Nc1cccc(C(=O)N2CCCC[C@H]2C(=O)O)c1. The van der Waals surface area contributed by atoms with Crippen molar-refractivity contribution in [3.63, 3.8) is 0 Å². The smallest absolute Gasteiger partial charge is 0.326 e. The van der Waals surface area contributed by atoms with Crippen LogP contribution in [-0.4, -0.2) is 40.4 Å². The summed E-state index contributed by atoms with van der Waals surface area (Å²) in [5, 5.41) is 11.8. The summed E-state index contributed by atoms with van der Waals surface area (Å²) in [5.41, 5.74) is 0.909. The zero-order chi connectivity index (χ0) is 15.4. The first-order valence-electron chi connectivity index (χ1n) is 6.90. The molecule has 0 bridgehead atoms. The fraction of sp³-hybridized carbons (Fsp3) is 0.400. The summed E-state index contributed by atoms with van der Waals surface area (Å²) in [4.78, 5) is 36.2. The highest BCUT2D eigenvalue weighted by atomic mass is 16.4. The number of carboxylic acid groups (broad SMARTS) is 1. The first kappa shape index (κ1) is 15.0. The Labute approximate surface area is 122 Å². The number of rotatable bonds is 3. The van der Waals surface area contributed by atoms with Crippen LogP contribution in [0.1, 0.15) is 36.5 Å². The Balaban J connectivity index is 2.22. The molecule has 1 heterocycles. The van der Waals surface area contributed by atoms with Crippen molar-refractivity contribution in [1.29, 1.82) is 0 Å². The second-order valence-corrected chi connectivity index (χ2v) is 5.11. The van der Waals surface area contributed by atoms with E-state index in [4.69, 9.17) is 0 Å². The number of piperidine rings is 1. The lowest BCUT2D eigenvalue weighted by Crippen LogP contribution is -2.47. The molecule has 0 aromatic heterocycles. The molecule has 1 aliphatic rings. The third-order valence-corrected chi connectivity index (χ3v) is 3.48. The first-order chi connectivity index (χ1) is 9.99. The average Bonchev–Trinajstić information content (AvgIpc) is 2.46. The third kappa shape index (κ3) is 3.59. The van der Waals surface area contributed by atoms with Gasteiger partial charge >= 0.3 is 5.97 Å². The van der Waals surface area contributed by atoms with Gasteiger partial charge in [-0.3, -0.25) is 9.59 Å². The van der Waals surface area contributed by atoms with Crippen LogP contribution in [0.4, 0.5) is 5.69 Å². The van der Waals surface area contributed by atoms with Gasteiger partial charge < -0.3 is 15.3 Å². The van der Waals surface area contributed by atoms with Gasteiger partial charge in [0.05, 0.1) is 0 Å². The Hall–Kier alpha value is -2.37. The molecule has 1 fully saturated rings. The summed E-state index contributed by atoms with van der Waals surface area (Å²) >= 11 is 0. The fourth-order valence-corrected chi connectivity index (χ4v) is 2.53. The van der Waals surface area contributed by atoms with E-state index in [2.05, 4.69) is 5.32 Å². The normalized spacial score (nSPS) is 18.1. The Kier molecular flexibility index (Phi) is 4.57. The van der Waals surface area contributed by atoms with E-state index in [9.17, 15) is 19.5 Å². The standard InChI is InChI=1S/C15H18N2O4/c1-10(18)16-12-6-4-5-11(9-12)14(19)17-8-3-2-7-13(17)15(20)21/h4-6,9,13H,2-3,7-8H2,1H3,(H,16,18)(H,20,21)/t13-/m0/s1. The van der Waals surface area contributed by atoms with Crippen LogP contribution in [0.25, 0.3) is 0 Å². The molecule has 0 spiro atoms. The number of nitrogens with zero attached hydrogens (tertiary/aromatic N) is 1. The average molecular weight is 290 g/mol. The van der Waals surface area contributed by atoms with Gasteiger partial charge in [-0.2, -0.15) is 0 Å². The molecule has 0 radical (unpaired) electrons. The number of carbonyl (C=O) groups excluding carboxylic acids is 2. The second kappa shape index (κ2) is 6.39. The van der Waals surface area contributed by atoms with Crippen LogP contribution < -0.4 is 5.32 Å². The van der Waals surface area contributed by atoms with Crippen molar-refractivity contribution < 1.29 is 19.5 Å². The summed E-state index contributed by atoms with van der Waals surface area (Å²) in [6, 6.07) is 5.77. The number of carboxylic acids is 1. The van der Waals surface area contributed by atoms with Crippen LogP contribution in [0, 0.1) is 0 Å². The van der Waals surface area contributed by atoms with Crippen LogP contribution in [0.3, 0.4) is 0 Å². The topological polar surface area (TPSA) is 86.7 Å². The molecule has 2 rings (SSSR count). The van der Waals surface area contributed by atoms with Crippen molar-refractivity contribution in [2.24, 2.45) is 0 Å². The maximum Gasteiger partial charge on any atom is 0.326 e. The highest BCUT2D eigenvalue weighted by molar-refractivity contribution is 5.98. The lowest BCUT2D eigenvalue weighted by molar-refractivity contribution is -0.143. The number of hydrogen-bond acceptors (Lipinski definition) is 3. The van der Waals surface area contributed by atoms with Gasteiger partial charge in [-0.1, -0.05) is 6.07 Å². The van der Waals surface area contributed by atoms with Crippen LogP contribution in [0.2, 0.25) is 0 Å². The molecule has 1 aliphatic heterocycles. The molecule has 112 valence electrons. The summed E-state index contributed by atoms with van der Waals surface area (Å²) in [5.74, 6) is -1.50. The van der Waals surface area contributed by atoms with Crippen LogP contribution >= 0.6 is 0 Å². The molecule has 1 saturated heterocycles. The van der Waals surface area contributed by atoms with E-state index in [0.717, 1.165) is 12.8 Å². The van der Waals surface area contributed by atoms with Crippen molar-refractivity contribution in [3.8, 4) is 0 Å². The molecular formula is C15H18N2O4. The molecule has 6 nitrogen and oxygen atoms in total. The molecule has 1 aromatic rings. The van der Waals surface area contributed by atoms with Crippen LogP contribution in [-0.2, 0) is 9.59 Å². The highest BCUT2D eigenvalue weighted by Gasteiger charge is 2.32. The molecule has 21 heavy (non-hydrogen) atoms. The lowest BCUT2D eigenvalue weighted by atomic mass is 10.0. The first-order valence-corrected chi connectivity index (χ1v) is 6.90. The van der Waals surface area contributed by atoms with Crippen molar-refractivity contribution in [2.75, 3.05) is 11.9 Å². The largest absolute Gasteiger partial charge is 0.480 e. The second-order valence-electron chi connectivity index (χ2n) is 5.11. The predicted molar refractivity (Wildman–Crippen MR) is 77.1 cm³/mol. The summed E-state index contributed by atoms with van der Waals surface area (Å²) in [7, 11) is 0. The molecule has 6 heteroatoms. The monoisotopic (exact) mass is 290 g/mol. The number of benzene rings is 1. The number of likely N-dealkylation sites (tertiary alicyclic amines) is 1. The third-order valence-electron chi connectivity index (χ3n) is 3.48. The van der Waals surface area contributed by atoms with E-state index in [0.29, 0.717) is 24.2 Å². The van der Waals surface area contributed by atoms with E-state index >= 15 is 0 Å². The Morgan fingerprint density at radius 1 is 1.29 bits per heavy atom. The predicted octanol–water partition coefficient (Wildman–Crippen LogP) is 1.72. The highest BCUT2D eigenvalue weighted by Crippen LogP contribution is 2.21. The minimum Gasteiger partial charge on any atom is -0.480 e. The number of hydrogen-bond donors (Lipinski definition) is 2. The fourth-order valence-electron chi connectivity index (χ4n) is 2.53. The van der Waals surface area contributed by atoms with Crippen molar-refractivity contribution in [1.82, 2.24) is 4.90 Å². The van der Waals surface area contributed by atoms with Crippen LogP contribution in [0.15, 0.2) is 24.3 Å². The van der Waals surface area contributed by atoms with Crippen molar-refractivity contribution in [2.45, 2.75) is 32.2 Å². The Morgan fingerprint density at radius 2 is 2.05 bits per heavy atom. The van der Waals surface area contributed by atoms with Gasteiger partial charge in [0.1, 0.15) is 6.04 Å². The quantitative estimate of drug-likeness (QED) is 0.887. The minimum atomic E-state index is -0.971. The van der Waals surface area contributed by atoms with Crippen molar-refractivity contribution in [3.05, 3.63) is 29.8 Å². The van der Waals surface area contributed by atoms with Crippen molar-refractivity contribution >= 4 is 23.5 Å². The molecule has 2 N–H and O–H groups in total. The maximum absolute atomic E-state index is 12.5. The van der Waals surface area contributed by atoms with Gasteiger partial charge in [0.15, 0.2) is 0 Å². The van der Waals surface area contributed by atoms with E-state index in [-0.39, 0.29) is 11.8 Å². The van der Waals surface area contributed by atoms with Gasteiger partial charge in [-0.05, 0) is 37.5 Å². The summed E-state index contributed by atoms with van der Waals surface area (Å²) in [6.07, 6.45) is 2.10. The van der Waals surface area contributed by atoms with E-state index in [1.807, 2.05) is 0 Å². The number of aliphatic carboxylic acids is 1. The number of amides is 2. The van der Waals surface area contributed by atoms with Gasteiger partial charge in [0.2, 0.25) is 5.91 Å². The Morgan fingerprint density at radius 3 is 2.71 bits per heavy atom. The zero-order valence-corrected chi connectivity index (χ0v) is 11.8.